The van der Waals surface area contributed by atoms with Gasteiger partial charge in [-0.2, -0.15) is 0 Å². The number of aryl methyl sites for hydroxylation is 3. The SMILES string of the molecule is C=CCNC(=NC)NCCCc1nc2c(s1)CCCC2.I. The number of halogens is 1. The highest BCUT2D eigenvalue weighted by molar-refractivity contribution is 14.0. The first-order valence-electron chi connectivity index (χ1n) is 7.36. The molecule has 118 valence electrons. The van der Waals surface area contributed by atoms with E-state index in [2.05, 4.69) is 22.2 Å². The van der Waals surface area contributed by atoms with Gasteiger partial charge in [-0.3, -0.25) is 4.99 Å². The van der Waals surface area contributed by atoms with Gasteiger partial charge < -0.3 is 10.6 Å². The smallest absolute Gasteiger partial charge is 0.191 e. The van der Waals surface area contributed by atoms with Crippen molar-refractivity contribution in [1.29, 1.82) is 0 Å². The van der Waals surface area contributed by atoms with Crippen molar-refractivity contribution < 1.29 is 0 Å². The van der Waals surface area contributed by atoms with Gasteiger partial charge in [0.15, 0.2) is 5.96 Å². The van der Waals surface area contributed by atoms with Crippen LogP contribution in [-0.4, -0.2) is 31.1 Å². The van der Waals surface area contributed by atoms with Crippen LogP contribution in [0.15, 0.2) is 17.6 Å². The normalized spacial score (nSPS) is 14.0. The Kier molecular flexibility index (Phi) is 8.91. The van der Waals surface area contributed by atoms with Crippen molar-refractivity contribution in [2.75, 3.05) is 20.1 Å². The number of nitrogens with one attached hydrogen (secondary N) is 2. The van der Waals surface area contributed by atoms with E-state index >= 15 is 0 Å². The lowest BCUT2D eigenvalue weighted by Gasteiger charge is -2.09. The lowest BCUT2D eigenvalue weighted by Crippen LogP contribution is -2.37. The van der Waals surface area contributed by atoms with E-state index in [1.54, 1.807) is 7.05 Å². The topological polar surface area (TPSA) is 49.3 Å². The highest BCUT2D eigenvalue weighted by Crippen LogP contribution is 2.27. The summed E-state index contributed by atoms with van der Waals surface area (Å²) in [7, 11) is 1.79. The molecule has 0 spiro atoms. The number of aliphatic imine (C=N–C) groups is 1. The zero-order chi connectivity index (χ0) is 14.2. The Morgan fingerprint density at radius 2 is 2.19 bits per heavy atom. The highest BCUT2D eigenvalue weighted by atomic mass is 127. The van der Waals surface area contributed by atoms with E-state index in [9.17, 15) is 0 Å². The molecule has 0 saturated heterocycles. The van der Waals surface area contributed by atoms with Gasteiger partial charge in [-0.1, -0.05) is 6.08 Å². The second-order valence-corrected chi connectivity index (χ2v) is 6.12. The van der Waals surface area contributed by atoms with E-state index < -0.39 is 0 Å². The van der Waals surface area contributed by atoms with E-state index in [0.29, 0.717) is 0 Å². The van der Waals surface area contributed by atoms with Crippen molar-refractivity contribution in [3.63, 3.8) is 0 Å². The quantitative estimate of drug-likeness (QED) is 0.245. The molecular weight excluding hydrogens is 395 g/mol. The largest absolute Gasteiger partial charge is 0.356 e. The van der Waals surface area contributed by atoms with Crippen LogP contribution in [0.5, 0.6) is 0 Å². The molecule has 0 radical (unpaired) electrons. The van der Waals surface area contributed by atoms with E-state index in [-0.39, 0.29) is 24.0 Å². The average molecular weight is 420 g/mol. The lowest BCUT2D eigenvalue weighted by atomic mass is 10.0. The van der Waals surface area contributed by atoms with Gasteiger partial charge in [0.2, 0.25) is 0 Å². The van der Waals surface area contributed by atoms with Crippen molar-refractivity contribution in [1.82, 2.24) is 15.6 Å². The van der Waals surface area contributed by atoms with Crippen LogP contribution in [0, 0.1) is 0 Å². The molecule has 0 amide bonds. The molecule has 1 aliphatic carbocycles. The maximum Gasteiger partial charge on any atom is 0.191 e. The third-order valence-electron chi connectivity index (χ3n) is 3.39. The van der Waals surface area contributed by atoms with Crippen LogP contribution in [0.25, 0.3) is 0 Å². The number of rotatable bonds is 6. The molecule has 2 rings (SSSR count). The van der Waals surface area contributed by atoms with Crippen molar-refractivity contribution in [2.45, 2.75) is 38.5 Å². The van der Waals surface area contributed by atoms with Crippen LogP contribution in [0.3, 0.4) is 0 Å². The molecular formula is C15H25IN4S. The fraction of sp³-hybridized carbons (Fsp3) is 0.600. The zero-order valence-electron chi connectivity index (χ0n) is 12.7. The molecule has 1 aromatic rings. The molecule has 0 unspecified atom stereocenters. The zero-order valence-corrected chi connectivity index (χ0v) is 15.8. The Labute approximate surface area is 148 Å². The number of aromatic nitrogens is 1. The predicted octanol–water partition coefficient (Wildman–Crippen LogP) is 2.92. The first kappa shape index (κ1) is 18.4. The van der Waals surface area contributed by atoms with Gasteiger partial charge in [0.05, 0.1) is 10.7 Å². The Morgan fingerprint density at radius 3 is 2.90 bits per heavy atom. The summed E-state index contributed by atoms with van der Waals surface area (Å²) in [5.41, 5.74) is 1.37. The Bertz CT molecular complexity index is 447. The van der Waals surface area contributed by atoms with Crippen LogP contribution in [0.4, 0.5) is 0 Å². The van der Waals surface area contributed by atoms with Gasteiger partial charge in [0.1, 0.15) is 0 Å². The number of nitrogens with zero attached hydrogens (tertiary/aromatic N) is 2. The molecule has 0 fully saturated rings. The van der Waals surface area contributed by atoms with E-state index in [1.165, 1.54) is 41.3 Å². The molecule has 21 heavy (non-hydrogen) atoms. The summed E-state index contributed by atoms with van der Waals surface area (Å²) < 4.78 is 0. The molecule has 0 saturated carbocycles. The number of guanidine groups is 1. The summed E-state index contributed by atoms with van der Waals surface area (Å²) in [5.74, 6) is 0.836. The van der Waals surface area contributed by atoms with E-state index in [1.807, 2.05) is 17.4 Å². The second-order valence-electron chi connectivity index (χ2n) is 4.96. The van der Waals surface area contributed by atoms with Crippen LogP contribution < -0.4 is 10.6 Å². The summed E-state index contributed by atoms with van der Waals surface area (Å²) in [5, 5.41) is 7.77. The van der Waals surface area contributed by atoms with Gasteiger partial charge in [0.25, 0.3) is 0 Å². The summed E-state index contributed by atoms with van der Waals surface area (Å²) in [6.45, 7) is 5.34. The van der Waals surface area contributed by atoms with E-state index in [0.717, 1.165) is 31.9 Å². The van der Waals surface area contributed by atoms with Crippen molar-refractivity contribution in [2.24, 2.45) is 4.99 Å². The van der Waals surface area contributed by atoms with Crippen LogP contribution in [0.1, 0.15) is 34.8 Å². The van der Waals surface area contributed by atoms with Gasteiger partial charge >= 0.3 is 0 Å². The fourth-order valence-corrected chi connectivity index (χ4v) is 3.55. The minimum absolute atomic E-state index is 0. The maximum atomic E-state index is 4.77. The first-order valence-corrected chi connectivity index (χ1v) is 8.18. The minimum atomic E-state index is 0. The summed E-state index contributed by atoms with van der Waals surface area (Å²) in [6, 6.07) is 0. The molecule has 2 N–H and O–H groups in total. The maximum absolute atomic E-state index is 4.77. The number of hydrogen-bond donors (Lipinski definition) is 2. The molecule has 6 heteroatoms. The molecule has 0 atom stereocenters. The van der Waals surface area contributed by atoms with Gasteiger partial charge in [0, 0.05) is 31.4 Å². The monoisotopic (exact) mass is 420 g/mol. The Morgan fingerprint density at radius 1 is 1.38 bits per heavy atom. The molecule has 1 aromatic heterocycles. The van der Waals surface area contributed by atoms with Gasteiger partial charge in [-0.25, -0.2) is 4.98 Å². The number of fused-ring (bicyclic) bond motifs is 1. The number of hydrogen-bond acceptors (Lipinski definition) is 3. The predicted molar refractivity (Wildman–Crippen MR) is 102 cm³/mol. The minimum Gasteiger partial charge on any atom is -0.356 e. The number of thiazole rings is 1. The molecule has 1 aliphatic rings. The standard InChI is InChI=1S/C15H24N4S.HI/c1-3-10-17-15(16-2)18-11-6-9-14-19-12-7-4-5-8-13(12)20-14;/h3H,1,4-11H2,2H3,(H2,16,17,18);1H. The molecule has 0 aromatic carbocycles. The third kappa shape index (κ3) is 5.94. The highest BCUT2D eigenvalue weighted by Gasteiger charge is 2.14. The first-order chi connectivity index (χ1) is 9.83. The Balaban J connectivity index is 0.00000220. The van der Waals surface area contributed by atoms with Crippen molar-refractivity contribution in [3.05, 3.63) is 28.2 Å². The fourth-order valence-electron chi connectivity index (χ4n) is 2.35. The summed E-state index contributed by atoms with van der Waals surface area (Å²) >= 11 is 1.92. The average Bonchev–Trinajstić information content (AvgIpc) is 2.89. The molecule has 1 heterocycles. The third-order valence-corrected chi connectivity index (χ3v) is 4.60. The van der Waals surface area contributed by atoms with Crippen LogP contribution in [-0.2, 0) is 19.3 Å². The summed E-state index contributed by atoms with van der Waals surface area (Å²) in [6.07, 6.45) is 9.04. The van der Waals surface area contributed by atoms with E-state index in [4.69, 9.17) is 4.98 Å². The van der Waals surface area contributed by atoms with Gasteiger partial charge in [-0.15, -0.1) is 41.9 Å². The molecule has 0 bridgehead atoms. The van der Waals surface area contributed by atoms with Crippen molar-refractivity contribution in [3.8, 4) is 0 Å². The lowest BCUT2D eigenvalue weighted by molar-refractivity contribution is 0.678. The molecule has 4 nitrogen and oxygen atoms in total. The second kappa shape index (κ2) is 10.2. The molecule has 0 aliphatic heterocycles. The van der Waals surface area contributed by atoms with Crippen molar-refractivity contribution >= 4 is 41.3 Å². The summed E-state index contributed by atoms with van der Waals surface area (Å²) in [4.78, 5) is 10.5. The Hall–Kier alpha value is -0.630. The van der Waals surface area contributed by atoms with Crippen LogP contribution in [0.2, 0.25) is 0 Å². The van der Waals surface area contributed by atoms with Gasteiger partial charge in [-0.05, 0) is 32.1 Å². The van der Waals surface area contributed by atoms with Crippen LogP contribution >= 0.6 is 35.3 Å².